The van der Waals surface area contributed by atoms with Crippen LogP contribution in [-0.4, -0.2) is 52.1 Å². The van der Waals surface area contributed by atoms with Crippen molar-refractivity contribution in [3.63, 3.8) is 0 Å². The van der Waals surface area contributed by atoms with Gasteiger partial charge in [0.2, 0.25) is 0 Å². The van der Waals surface area contributed by atoms with E-state index in [9.17, 15) is 0 Å². The van der Waals surface area contributed by atoms with Crippen LogP contribution in [0.25, 0.3) is 0 Å². The van der Waals surface area contributed by atoms with Crippen molar-refractivity contribution in [2.24, 2.45) is 0 Å². The molecule has 0 rings (SSSR count). The summed E-state index contributed by atoms with van der Waals surface area (Å²) in [6, 6.07) is 0. The minimum Gasteiger partial charge on any atom is 0 e. The van der Waals surface area contributed by atoms with Gasteiger partial charge in [-0.25, -0.2) is 0 Å². The molecule has 0 saturated heterocycles. The monoisotopic (exact) mass is 153 g/mol. The average molecular weight is 154 g/mol. The summed E-state index contributed by atoms with van der Waals surface area (Å²) in [5.74, 6) is 0. The van der Waals surface area contributed by atoms with E-state index in [1.54, 1.807) is 0 Å². The zero-order valence-corrected chi connectivity index (χ0v) is 1.24. The predicted octanol–water partition coefficient (Wildman–Crippen LogP) is -3.55. The van der Waals surface area contributed by atoms with Gasteiger partial charge in [0.1, 0.15) is 0 Å². The van der Waals surface area contributed by atoms with Crippen LogP contribution in [0.4, 0.5) is 0 Å². The first-order valence-corrected chi connectivity index (χ1v) is 0. The van der Waals surface area contributed by atoms with Crippen molar-refractivity contribution in [2.75, 3.05) is 0 Å². The van der Waals surface area contributed by atoms with Gasteiger partial charge < -0.3 is 0 Å². The van der Waals surface area contributed by atoms with E-state index in [-0.39, 0.29) is 69.2 Å². The van der Waals surface area contributed by atoms with E-state index in [2.05, 4.69) is 0 Å². The zero-order chi connectivity index (χ0) is 0. The first-order valence-electron chi connectivity index (χ1n) is 0. The Morgan fingerprint density at radius 1 is 0.500 bits per heavy atom. The minimum atomic E-state index is 0. The molecule has 0 fully saturated rings. The Morgan fingerprint density at radius 2 is 0.500 bits per heavy atom. The molecule has 0 bridgehead atoms. The van der Waals surface area contributed by atoms with Gasteiger partial charge in [-0.2, -0.15) is 0 Å². The van der Waals surface area contributed by atoms with Crippen LogP contribution in [0.2, 0.25) is 0 Å². The van der Waals surface area contributed by atoms with E-state index in [1.807, 2.05) is 0 Å². The van der Waals surface area contributed by atoms with E-state index in [4.69, 9.17) is 0 Å². The number of hydrogen-bond donors (Lipinski definition) is 0. The van der Waals surface area contributed by atoms with E-state index >= 15 is 0 Å². The van der Waals surface area contributed by atoms with Crippen molar-refractivity contribution >= 4 is 52.1 Å². The van der Waals surface area contributed by atoms with Crippen LogP contribution in [-0.2, 0) is 17.1 Å². The minimum absolute atomic E-state index is 0. The second-order valence-corrected chi connectivity index (χ2v) is 0. The fourth-order valence-corrected chi connectivity index (χ4v) is 0. The molecular weight excluding hydrogens is 144 g/mol. The van der Waals surface area contributed by atoms with Crippen molar-refractivity contribution in [3.8, 4) is 0 Å². The SMILES string of the molecule is [AlH3].[AlH3].[AlH3].[Cu]. The van der Waals surface area contributed by atoms with Crippen LogP contribution in [0.1, 0.15) is 0 Å². The maximum Gasteiger partial charge on any atom is 0.187 e. The molecule has 0 aliphatic carbocycles. The second kappa shape index (κ2) is 19.4. The van der Waals surface area contributed by atoms with Crippen molar-refractivity contribution in [3.05, 3.63) is 0 Å². The Bertz CT molecular complexity index is 3.25. The third-order valence-electron chi connectivity index (χ3n) is 0. The van der Waals surface area contributed by atoms with Gasteiger partial charge in [0.05, 0.1) is 0 Å². The number of rotatable bonds is 0. The van der Waals surface area contributed by atoms with E-state index in [0.717, 1.165) is 0 Å². The average Bonchev–Trinajstić information content (AvgIpc) is 0. The molecule has 0 nitrogen and oxygen atoms in total. The van der Waals surface area contributed by atoms with E-state index in [0.29, 0.717) is 0 Å². The normalized spacial score (nSPS) is 0. The summed E-state index contributed by atoms with van der Waals surface area (Å²) < 4.78 is 0. The molecule has 0 N–H and O–H groups in total. The third-order valence-corrected chi connectivity index (χ3v) is 0. The third kappa shape index (κ3) is 8.93. The standard InChI is InChI=1S/3Al.Cu.9H. The molecule has 0 amide bonds. The molecule has 0 saturated carbocycles. The van der Waals surface area contributed by atoms with Crippen molar-refractivity contribution in [1.82, 2.24) is 0 Å². The maximum atomic E-state index is 0. The van der Waals surface area contributed by atoms with Crippen LogP contribution in [0.15, 0.2) is 0 Å². The van der Waals surface area contributed by atoms with Gasteiger partial charge >= 0.3 is 0 Å². The quantitative estimate of drug-likeness (QED) is 0.316. The van der Waals surface area contributed by atoms with E-state index < -0.39 is 0 Å². The summed E-state index contributed by atoms with van der Waals surface area (Å²) in [6.45, 7) is 0. The fourth-order valence-electron chi connectivity index (χ4n) is 0. The molecule has 0 spiro atoms. The summed E-state index contributed by atoms with van der Waals surface area (Å²) in [5, 5.41) is 0. The molecule has 29 valence electrons. The molecule has 4 heteroatoms. The van der Waals surface area contributed by atoms with Crippen molar-refractivity contribution in [1.29, 1.82) is 0 Å². The summed E-state index contributed by atoms with van der Waals surface area (Å²) in [4.78, 5) is 0. The van der Waals surface area contributed by atoms with Crippen LogP contribution >= 0.6 is 0 Å². The molecule has 0 heterocycles. The molecule has 4 heavy (non-hydrogen) atoms. The molecule has 0 aliphatic rings. The molecular formula is H9Al3Cu. The molecule has 0 aromatic carbocycles. The van der Waals surface area contributed by atoms with Gasteiger partial charge in [0.25, 0.3) is 0 Å². The van der Waals surface area contributed by atoms with Gasteiger partial charge in [0, 0.05) is 17.1 Å². The van der Waals surface area contributed by atoms with Crippen LogP contribution in [0, 0.1) is 0 Å². The van der Waals surface area contributed by atoms with Gasteiger partial charge in [-0.3, -0.25) is 0 Å². The van der Waals surface area contributed by atoms with Gasteiger partial charge in [-0.15, -0.1) is 0 Å². The largest absolute Gasteiger partial charge is 0.187 e. The van der Waals surface area contributed by atoms with E-state index in [1.165, 1.54) is 0 Å². The van der Waals surface area contributed by atoms with Gasteiger partial charge in [-0.05, 0) is 0 Å². The van der Waals surface area contributed by atoms with Crippen LogP contribution in [0.3, 0.4) is 0 Å². The maximum absolute atomic E-state index is 0. The smallest absolute Gasteiger partial charge is 0 e. The Morgan fingerprint density at radius 3 is 0.500 bits per heavy atom. The summed E-state index contributed by atoms with van der Waals surface area (Å²) in [6.07, 6.45) is 0. The molecule has 0 unspecified atom stereocenters. The molecule has 0 atom stereocenters. The summed E-state index contributed by atoms with van der Waals surface area (Å²) in [7, 11) is 0. The Balaban J connectivity index is 0. The predicted molar refractivity (Wildman–Crippen MR) is 29.8 cm³/mol. The first-order chi connectivity index (χ1) is 0. The first kappa shape index (κ1) is 35.7. The molecule has 0 aromatic rings. The molecule has 0 aromatic heterocycles. The Kier molecular flexibility index (Phi) is 173. The topological polar surface area (TPSA) is 0 Å². The van der Waals surface area contributed by atoms with Crippen molar-refractivity contribution in [2.45, 2.75) is 0 Å². The molecule has 0 aliphatic heterocycles. The van der Waals surface area contributed by atoms with Gasteiger partial charge in [-0.1, -0.05) is 0 Å². The van der Waals surface area contributed by atoms with Gasteiger partial charge in [0.15, 0.2) is 52.1 Å². The molecule has 1 radical (unpaired) electrons. The fraction of sp³-hybridized carbons (Fsp3) is 0. The Hall–Kier alpha value is 2.12. The van der Waals surface area contributed by atoms with Crippen molar-refractivity contribution < 1.29 is 17.1 Å². The van der Waals surface area contributed by atoms with Crippen LogP contribution in [0.5, 0.6) is 0 Å². The summed E-state index contributed by atoms with van der Waals surface area (Å²) >= 11 is 0. The second-order valence-electron chi connectivity index (χ2n) is 0. The summed E-state index contributed by atoms with van der Waals surface area (Å²) in [5.41, 5.74) is 0. The zero-order valence-electron chi connectivity index (χ0n) is 0.302. The number of hydrogen-bond acceptors (Lipinski definition) is 0. The Labute approximate surface area is 68.6 Å². The van der Waals surface area contributed by atoms with Crippen LogP contribution < -0.4 is 0 Å².